The van der Waals surface area contributed by atoms with Gasteiger partial charge in [-0.3, -0.25) is 0 Å². The highest BCUT2D eigenvalue weighted by atomic mass is 19.4. The van der Waals surface area contributed by atoms with Crippen molar-refractivity contribution in [3.63, 3.8) is 0 Å². The largest absolute Gasteiger partial charge is 0.433 e. The Hall–Kier alpha value is -4.60. The molecular formula is C46H58F12N6O12. The van der Waals surface area contributed by atoms with Crippen LogP contribution in [0.25, 0.3) is 22.1 Å². The molecule has 0 radical (unpaired) electrons. The van der Waals surface area contributed by atoms with Crippen LogP contribution in [0.3, 0.4) is 0 Å². The Labute approximate surface area is 428 Å². The van der Waals surface area contributed by atoms with Crippen molar-refractivity contribution in [2.24, 2.45) is 0 Å². The van der Waals surface area contributed by atoms with Crippen LogP contribution < -0.4 is 9.80 Å². The summed E-state index contributed by atoms with van der Waals surface area (Å²) >= 11 is 0. The fourth-order valence-corrected chi connectivity index (χ4v) is 7.02. The average Bonchev–Trinajstić information content (AvgIpc) is 3.35. The zero-order chi connectivity index (χ0) is 55.2. The Morgan fingerprint density at radius 3 is 0.816 bits per heavy atom. The number of fused-ring (bicyclic) bond motifs is 4. The number of ether oxygens (including phenoxy) is 12. The third-order valence-corrected chi connectivity index (χ3v) is 10.5. The molecular weight excluding hydrogens is 1060 g/mol. The molecule has 4 aromatic heterocycles. The lowest BCUT2D eigenvalue weighted by Gasteiger charge is -2.39. The Bertz CT molecular complexity index is 2210. The van der Waals surface area contributed by atoms with Gasteiger partial charge in [-0.25, -0.2) is 19.9 Å². The van der Waals surface area contributed by atoms with E-state index in [2.05, 4.69) is 19.9 Å². The van der Waals surface area contributed by atoms with Crippen LogP contribution in [0.4, 0.5) is 75.7 Å². The first kappa shape index (κ1) is 62.2. The summed E-state index contributed by atoms with van der Waals surface area (Å²) in [6.07, 6.45) is -21.6. The van der Waals surface area contributed by atoms with Crippen LogP contribution in [-0.2, 0) is 81.5 Å². The van der Waals surface area contributed by atoms with Gasteiger partial charge in [0.2, 0.25) is 0 Å². The number of hydrogen-bond acceptors (Lipinski definition) is 18. The standard InChI is InChI=1S/C46H58F12N6O12/c1-65-7-9-69-15-17-73-23-25-75-21-19-71-13-11-67-5-3-63-35-29-33-40(32(44(50,51)52)28-37(59-33)45(53,54)55)62-42(35)64(4-6-68-12-14-72-20-22-76-26-24-74-18-16-70-10-8-66-2)36-30-34-39(61-41(36)63)31(43(47,48)49)27-38(60-34)46(56,57)58/h27-30H,3-26H2,1-2H3. The summed E-state index contributed by atoms with van der Waals surface area (Å²) in [5.41, 5.74) is -12.0. The highest BCUT2D eigenvalue weighted by Crippen LogP contribution is 2.50. The second-order valence-electron chi connectivity index (χ2n) is 15.9. The number of alkyl halides is 12. The van der Waals surface area contributed by atoms with Crippen molar-refractivity contribution in [1.82, 2.24) is 19.9 Å². The quantitative estimate of drug-likeness (QED) is 0.0321. The summed E-state index contributed by atoms with van der Waals surface area (Å²) in [6.45, 7) is 3.39. The molecule has 0 amide bonds. The number of rotatable bonds is 36. The number of anilines is 4. The number of pyridine rings is 4. The van der Waals surface area contributed by atoms with E-state index in [0.717, 1.165) is 21.9 Å². The van der Waals surface area contributed by atoms with Gasteiger partial charge in [0.15, 0.2) is 11.6 Å². The van der Waals surface area contributed by atoms with E-state index in [-0.39, 0.29) is 103 Å². The van der Waals surface area contributed by atoms with Gasteiger partial charge in [0.25, 0.3) is 0 Å². The molecule has 0 atom stereocenters. The molecule has 0 saturated carbocycles. The Kier molecular flexibility index (Phi) is 25.0. The molecule has 30 heteroatoms. The topological polar surface area (TPSA) is 169 Å². The Balaban J connectivity index is 1.36. The first-order chi connectivity index (χ1) is 36.3. The molecule has 0 unspecified atom stereocenters. The number of methoxy groups -OCH3 is 2. The molecule has 18 nitrogen and oxygen atoms in total. The van der Waals surface area contributed by atoms with Crippen molar-refractivity contribution < 1.29 is 110 Å². The zero-order valence-electron chi connectivity index (χ0n) is 41.4. The SMILES string of the molecule is COCCOCCOCCOCCOCCOCCN1c2cc3nc(C(F)(F)F)cc(C(F)(F)F)c3nc2N(CCOCCOCCOCCOCCOCCOC)c2cc3nc(C(F)(F)F)cc(C(F)(F)F)c3nc21. The van der Waals surface area contributed by atoms with E-state index in [1.165, 1.54) is 0 Å². The lowest BCUT2D eigenvalue weighted by atomic mass is 10.1. The number of aromatic nitrogens is 4. The highest BCUT2D eigenvalue weighted by Gasteiger charge is 2.43. The monoisotopic (exact) mass is 1110 g/mol. The van der Waals surface area contributed by atoms with E-state index in [0.29, 0.717) is 66.1 Å². The van der Waals surface area contributed by atoms with Crippen molar-refractivity contribution in [3.8, 4) is 0 Å². The van der Waals surface area contributed by atoms with E-state index < -0.39 is 94.0 Å². The van der Waals surface area contributed by atoms with Gasteiger partial charge in [-0.1, -0.05) is 0 Å². The molecule has 76 heavy (non-hydrogen) atoms. The molecule has 5 rings (SSSR count). The summed E-state index contributed by atoms with van der Waals surface area (Å²) in [7, 11) is 3.11. The van der Waals surface area contributed by atoms with Crippen LogP contribution in [0.1, 0.15) is 22.5 Å². The normalized spacial score (nSPS) is 13.4. The molecule has 0 saturated heterocycles. The minimum atomic E-state index is -5.43. The van der Waals surface area contributed by atoms with Gasteiger partial charge in [0, 0.05) is 27.3 Å². The fourth-order valence-electron chi connectivity index (χ4n) is 7.02. The summed E-state index contributed by atoms with van der Waals surface area (Å²) < 4.78 is 236. The zero-order valence-corrected chi connectivity index (χ0v) is 41.4. The molecule has 5 heterocycles. The maximum atomic E-state index is 14.6. The highest BCUT2D eigenvalue weighted by molar-refractivity contribution is 5.99. The van der Waals surface area contributed by atoms with Crippen molar-refractivity contribution in [2.45, 2.75) is 24.7 Å². The van der Waals surface area contributed by atoms with Crippen molar-refractivity contribution in [1.29, 1.82) is 0 Å². The van der Waals surface area contributed by atoms with Crippen LogP contribution >= 0.6 is 0 Å². The first-order valence-corrected chi connectivity index (χ1v) is 23.6. The van der Waals surface area contributed by atoms with E-state index >= 15 is 0 Å². The second-order valence-corrected chi connectivity index (χ2v) is 15.9. The molecule has 0 bridgehead atoms. The molecule has 0 spiro atoms. The van der Waals surface area contributed by atoms with Crippen LogP contribution in [0.15, 0.2) is 24.3 Å². The molecule has 0 N–H and O–H groups in total. The maximum absolute atomic E-state index is 14.6. The predicted octanol–water partition coefficient (Wildman–Crippen LogP) is 7.70. The van der Waals surface area contributed by atoms with E-state index in [9.17, 15) is 52.7 Å². The number of nitrogens with zero attached hydrogens (tertiary/aromatic N) is 6. The van der Waals surface area contributed by atoms with E-state index in [4.69, 9.17) is 56.8 Å². The lowest BCUT2D eigenvalue weighted by Crippen LogP contribution is -2.35. The summed E-state index contributed by atoms with van der Waals surface area (Å²) in [5.74, 6) is -0.861. The molecule has 0 aliphatic carbocycles. The number of hydrogen-bond donors (Lipinski definition) is 0. The van der Waals surface area contributed by atoms with E-state index in [1.807, 2.05) is 0 Å². The molecule has 0 fully saturated rings. The Morgan fingerprint density at radius 1 is 0.329 bits per heavy atom. The van der Waals surface area contributed by atoms with Gasteiger partial charge in [-0.2, -0.15) is 52.7 Å². The van der Waals surface area contributed by atoms with Gasteiger partial charge in [-0.15, -0.1) is 0 Å². The minimum Gasteiger partial charge on any atom is -0.382 e. The van der Waals surface area contributed by atoms with Gasteiger partial charge in [-0.05, 0) is 24.3 Å². The molecule has 0 aromatic carbocycles. The van der Waals surface area contributed by atoms with Crippen molar-refractivity contribution in [3.05, 3.63) is 46.8 Å². The Morgan fingerprint density at radius 2 is 0.579 bits per heavy atom. The third kappa shape index (κ3) is 19.4. The van der Waals surface area contributed by atoms with E-state index in [1.54, 1.807) is 14.2 Å². The van der Waals surface area contributed by atoms with Gasteiger partial charge in [0.1, 0.15) is 22.4 Å². The minimum absolute atomic E-state index is 0.00253. The van der Waals surface area contributed by atoms with Crippen LogP contribution in [0, 0.1) is 0 Å². The van der Waals surface area contributed by atoms with Crippen molar-refractivity contribution >= 4 is 45.1 Å². The van der Waals surface area contributed by atoms with Crippen LogP contribution in [-0.4, -0.2) is 193 Å². The van der Waals surface area contributed by atoms with Crippen LogP contribution in [0.2, 0.25) is 0 Å². The summed E-state index contributed by atoms with van der Waals surface area (Å²) in [5, 5.41) is 0. The summed E-state index contributed by atoms with van der Waals surface area (Å²) in [4.78, 5) is 17.5. The predicted molar refractivity (Wildman–Crippen MR) is 245 cm³/mol. The average molecular weight is 1110 g/mol. The van der Waals surface area contributed by atoms with Crippen molar-refractivity contribution in [2.75, 3.05) is 182 Å². The van der Waals surface area contributed by atoms with Gasteiger partial charge in [0.05, 0.1) is 179 Å². The lowest BCUT2D eigenvalue weighted by molar-refractivity contribution is -0.146. The summed E-state index contributed by atoms with van der Waals surface area (Å²) in [6, 6.07) is 1.21. The number of halogens is 12. The second kappa shape index (κ2) is 30.5. The van der Waals surface area contributed by atoms with Gasteiger partial charge < -0.3 is 66.6 Å². The van der Waals surface area contributed by atoms with Crippen LogP contribution in [0.5, 0.6) is 0 Å². The maximum Gasteiger partial charge on any atom is 0.433 e. The smallest absolute Gasteiger partial charge is 0.382 e. The molecule has 1 aliphatic heterocycles. The molecule has 1 aliphatic rings. The molecule has 428 valence electrons. The van der Waals surface area contributed by atoms with Gasteiger partial charge >= 0.3 is 24.7 Å². The fraction of sp³-hybridized carbons (Fsp3) is 0.652. The first-order valence-electron chi connectivity index (χ1n) is 23.6. The molecule has 4 aromatic rings. The third-order valence-electron chi connectivity index (χ3n) is 10.5.